The molecule has 3 rings (SSSR count). The summed E-state index contributed by atoms with van der Waals surface area (Å²) < 4.78 is 5.40. The Morgan fingerprint density at radius 3 is 2.48 bits per heavy atom. The van der Waals surface area contributed by atoms with Crippen LogP contribution in [0.4, 0.5) is 10.5 Å². The van der Waals surface area contributed by atoms with E-state index in [0.29, 0.717) is 49.0 Å². The first kappa shape index (κ1) is 19.2. The number of halogens is 1. The number of ketones is 1. The minimum Gasteiger partial charge on any atom is -0.492 e. The monoisotopic (exact) mass is 386 g/mol. The second kappa shape index (κ2) is 8.91. The minimum atomic E-state index is -0.180. The zero-order chi connectivity index (χ0) is 19.2. The summed E-state index contributed by atoms with van der Waals surface area (Å²) in [6.07, 6.45) is 1.34. The third-order valence-electron chi connectivity index (χ3n) is 4.69. The lowest BCUT2D eigenvalue weighted by molar-refractivity contribution is 0.0859. The van der Waals surface area contributed by atoms with Crippen molar-refractivity contribution in [1.29, 1.82) is 0 Å². The number of amides is 2. The summed E-state index contributed by atoms with van der Waals surface area (Å²) in [4.78, 5) is 26.8. The molecule has 0 unspecified atom stereocenters. The number of hydrogen-bond acceptors (Lipinski definition) is 3. The molecule has 0 spiro atoms. The smallest absolute Gasteiger partial charge is 0.321 e. The van der Waals surface area contributed by atoms with Crippen LogP contribution in [0, 0.1) is 5.92 Å². The van der Waals surface area contributed by atoms with Crippen LogP contribution in [0.3, 0.4) is 0 Å². The summed E-state index contributed by atoms with van der Waals surface area (Å²) in [6, 6.07) is 14.3. The highest BCUT2D eigenvalue weighted by Gasteiger charge is 2.28. The van der Waals surface area contributed by atoms with Gasteiger partial charge in [-0.25, -0.2) is 4.79 Å². The normalized spacial score (nSPS) is 14.7. The number of likely N-dealkylation sites (tertiary alicyclic amines) is 1. The van der Waals surface area contributed by atoms with Gasteiger partial charge in [0.1, 0.15) is 5.75 Å². The molecule has 1 aliphatic heterocycles. The van der Waals surface area contributed by atoms with E-state index in [9.17, 15) is 9.59 Å². The van der Waals surface area contributed by atoms with Crippen molar-refractivity contribution in [3.8, 4) is 5.75 Å². The molecule has 6 heteroatoms. The summed E-state index contributed by atoms with van der Waals surface area (Å²) in [6.45, 7) is 3.53. The van der Waals surface area contributed by atoms with Crippen LogP contribution < -0.4 is 10.1 Å². The lowest BCUT2D eigenvalue weighted by Crippen LogP contribution is -2.42. The molecule has 0 aromatic heterocycles. The molecule has 1 fully saturated rings. The van der Waals surface area contributed by atoms with Gasteiger partial charge in [-0.2, -0.15) is 0 Å². The fourth-order valence-electron chi connectivity index (χ4n) is 3.24. The zero-order valence-electron chi connectivity index (χ0n) is 15.3. The van der Waals surface area contributed by atoms with Crippen molar-refractivity contribution in [2.75, 3.05) is 25.0 Å². The SMILES string of the molecule is CCOc1ccc(NC(=O)N2CCC(C(=O)c3ccccc3)CC2)cc1Cl. The van der Waals surface area contributed by atoms with E-state index < -0.39 is 0 Å². The minimum absolute atomic E-state index is 0.0311. The molecular weight excluding hydrogens is 364 g/mol. The van der Waals surface area contributed by atoms with E-state index in [-0.39, 0.29) is 17.7 Å². The number of anilines is 1. The van der Waals surface area contributed by atoms with Gasteiger partial charge in [0.2, 0.25) is 0 Å². The molecule has 0 radical (unpaired) electrons. The van der Waals surface area contributed by atoms with E-state index in [0.717, 1.165) is 5.56 Å². The van der Waals surface area contributed by atoms with Crippen molar-refractivity contribution in [2.24, 2.45) is 5.92 Å². The number of Topliss-reactive ketones (excluding diaryl/α,β-unsaturated/α-hetero) is 1. The molecule has 1 saturated heterocycles. The Morgan fingerprint density at radius 1 is 1.15 bits per heavy atom. The molecule has 2 aromatic rings. The van der Waals surface area contributed by atoms with Crippen molar-refractivity contribution in [3.05, 3.63) is 59.1 Å². The molecule has 2 aromatic carbocycles. The molecule has 1 heterocycles. The van der Waals surface area contributed by atoms with Crippen LogP contribution >= 0.6 is 11.6 Å². The van der Waals surface area contributed by atoms with Gasteiger partial charge in [-0.05, 0) is 38.0 Å². The average molecular weight is 387 g/mol. The number of piperidine rings is 1. The highest BCUT2D eigenvalue weighted by molar-refractivity contribution is 6.32. The van der Waals surface area contributed by atoms with Crippen molar-refractivity contribution in [1.82, 2.24) is 4.90 Å². The summed E-state index contributed by atoms with van der Waals surface area (Å²) in [5.41, 5.74) is 1.36. The second-order valence-corrected chi connectivity index (χ2v) is 6.91. The summed E-state index contributed by atoms with van der Waals surface area (Å²) >= 11 is 6.16. The third-order valence-corrected chi connectivity index (χ3v) is 4.99. The maximum atomic E-state index is 12.5. The number of benzene rings is 2. The fraction of sp³-hybridized carbons (Fsp3) is 0.333. The van der Waals surface area contributed by atoms with Crippen LogP contribution in [0.15, 0.2) is 48.5 Å². The lowest BCUT2D eigenvalue weighted by Gasteiger charge is -2.31. The van der Waals surface area contributed by atoms with E-state index in [1.165, 1.54) is 0 Å². The van der Waals surface area contributed by atoms with Gasteiger partial charge in [0.15, 0.2) is 5.78 Å². The summed E-state index contributed by atoms with van der Waals surface area (Å²) in [5, 5.41) is 3.32. The Labute approximate surface area is 164 Å². The van der Waals surface area contributed by atoms with Gasteiger partial charge in [0, 0.05) is 30.3 Å². The number of carbonyl (C=O) groups excluding carboxylic acids is 2. The zero-order valence-corrected chi connectivity index (χ0v) is 16.0. The van der Waals surface area contributed by atoms with Crippen molar-refractivity contribution >= 4 is 29.1 Å². The molecule has 0 saturated carbocycles. The predicted molar refractivity (Wildman–Crippen MR) is 107 cm³/mol. The standard InChI is InChI=1S/C21H23ClN2O3/c1-2-27-19-9-8-17(14-18(19)22)23-21(26)24-12-10-16(11-13-24)20(25)15-6-4-3-5-7-15/h3-9,14,16H,2,10-13H2,1H3,(H,23,26). The summed E-state index contributed by atoms with van der Waals surface area (Å²) in [5.74, 6) is 0.725. The van der Waals surface area contributed by atoms with E-state index in [1.807, 2.05) is 37.3 Å². The molecule has 1 N–H and O–H groups in total. The van der Waals surface area contributed by atoms with E-state index in [4.69, 9.17) is 16.3 Å². The van der Waals surface area contributed by atoms with E-state index in [1.54, 1.807) is 23.1 Å². The molecule has 5 nitrogen and oxygen atoms in total. The van der Waals surface area contributed by atoms with Gasteiger partial charge < -0.3 is 15.0 Å². The van der Waals surface area contributed by atoms with Gasteiger partial charge >= 0.3 is 6.03 Å². The van der Waals surface area contributed by atoms with Gasteiger partial charge in [0.05, 0.1) is 11.6 Å². The van der Waals surface area contributed by atoms with Crippen LogP contribution in [-0.2, 0) is 0 Å². The largest absolute Gasteiger partial charge is 0.492 e. The predicted octanol–water partition coefficient (Wildman–Crippen LogP) is 4.87. The molecule has 0 atom stereocenters. The summed E-state index contributed by atoms with van der Waals surface area (Å²) in [7, 11) is 0. The van der Waals surface area contributed by atoms with Crippen LogP contribution in [0.25, 0.3) is 0 Å². The van der Waals surface area contributed by atoms with Crippen molar-refractivity contribution < 1.29 is 14.3 Å². The highest BCUT2D eigenvalue weighted by Crippen LogP contribution is 2.28. The van der Waals surface area contributed by atoms with Crippen LogP contribution in [0.2, 0.25) is 5.02 Å². The number of rotatable bonds is 5. The molecular formula is C21H23ClN2O3. The quantitative estimate of drug-likeness (QED) is 0.746. The number of hydrogen-bond donors (Lipinski definition) is 1. The number of urea groups is 1. The third kappa shape index (κ3) is 4.80. The molecule has 0 aliphatic carbocycles. The molecule has 27 heavy (non-hydrogen) atoms. The second-order valence-electron chi connectivity index (χ2n) is 6.50. The molecule has 142 valence electrons. The number of carbonyl (C=O) groups is 2. The topological polar surface area (TPSA) is 58.6 Å². The highest BCUT2D eigenvalue weighted by atomic mass is 35.5. The van der Waals surface area contributed by atoms with Crippen LogP contribution in [0.1, 0.15) is 30.1 Å². The van der Waals surface area contributed by atoms with Crippen LogP contribution in [-0.4, -0.2) is 36.4 Å². The maximum absolute atomic E-state index is 12.5. The lowest BCUT2D eigenvalue weighted by atomic mass is 9.89. The fourth-order valence-corrected chi connectivity index (χ4v) is 3.47. The Hall–Kier alpha value is -2.53. The Bertz CT molecular complexity index is 802. The first-order valence-electron chi connectivity index (χ1n) is 9.16. The average Bonchev–Trinajstić information content (AvgIpc) is 2.70. The van der Waals surface area contributed by atoms with Crippen LogP contribution in [0.5, 0.6) is 5.75 Å². The Kier molecular flexibility index (Phi) is 6.35. The maximum Gasteiger partial charge on any atom is 0.321 e. The first-order valence-corrected chi connectivity index (χ1v) is 9.54. The van der Waals surface area contributed by atoms with Crippen molar-refractivity contribution in [2.45, 2.75) is 19.8 Å². The number of nitrogens with zero attached hydrogens (tertiary/aromatic N) is 1. The molecule has 0 bridgehead atoms. The number of ether oxygens (including phenoxy) is 1. The number of nitrogens with one attached hydrogen (secondary N) is 1. The van der Waals surface area contributed by atoms with Crippen molar-refractivity contribution in [3.63, 3.8) is 0 Å². The molecule has 1 aliphatic rings. The Morgan fingerprint density at radius 2 is 1.85 bits per heavy atom. The van der Waals surface area contributed by atoms with Gasteiger partial charge in [-0.1, -0.05) is 41.9 Å². The van der Waals surface area contributed by atoms with Gasteiger partial charge in [0.25, 0.3) is 0 Å². The Balaban J connectivity index is 1.54. The van der Waals surface area contributed by atoms with Gasteiger partial charge in [-0.3, -0.25) is 4.79 Å². The first-order chi connectivity index (χ1) is 13.1. The van der Waals surface area contributed by atoms with E-state index >= 15 is 0 Å². The molecule has 2 amide bonds. The van der Waals surface area contributed by atoms with Gasteiger partial charge in [-0.15, -0.1) is 0 Å². The van der Waals surface area contributed by atoms with E-state index in [2.05, 4.69) is 5.32 Å².